The van der Waals surface area contributed by atoms with Gasteiger partial charge in [-0.15, -0.1) is 0 Å². The normalized spacial score (nSPS) is 15.9. The molecule has 1 N–H and O–H groups in total. The molecular weight excluding hydrogens is 210 g/mol. The third-order valence-corrected chi connectivity index (χ3v) is 3.41. The molecule has 104 valence electrons. The molecule has 0 aromatic carbocycles. The van der Waals surface area contributed by atoms with E-state index in [1.807, 2.05) is 0 Å². The van der Waals surface area contributed by atoms with Gasteiger partial charge < -0.3 is 10.1 Å². The molecule has 0 aliphatic rings. The summed E-state index contributed by atoms with van der Waals surface area (Å²) in [6, 6.07) is 1.14. The quantitative estimate of drug-likeness (QED) is 0.582. The van der Waals surface area contributed by atoms with E-state index in [-0.39, 0.29) is 5.60 Å². The van der Waals surface area contributed by atoms with Gasteiger partial charge in [-0.3, -0.25) is 0 Å². The Balaban J connectivity index is 3.68. The summed E-state index contributed by atoms with van der Waals surface area (Å²) in [5.41, 5.74) is -0.0195. The van der Waals surface area contributed by atoms with Crippen LogP contribution in [0.5, 0.6) is 0 Å². The summed E-state index contributed by atoms with van der Waals surface area (Å²) in [7, 11) is 1.79. The van der Waals surface area contributed by atoms with Crippen molar-refractivity contribution in [3.8, 4) is 0 Å². The highest BCUT2D eigenvalue weighted by atomic mass is 16.5. The van der Waals surface area contributed by atoms with Crippen molar-refractivity contribution in [2.75, 3.05) is 7.11 Å². The maximum Gasteiger partial charge on any atom is 0.0637 e. The minimum absolute atomic E-state index is 0.0195. The Labute approximate surface area is 109 Å². The number of rotatable bonds is 10. The molecule has 0 amide bonds. The third-order valence-electron chi connectivity index (χ3n) is 3.41. The van der Waals surface area contributed by atoms with Crippen molar-refractivity contribution in [3.05, 3.63) is 0 Å². The molecule has 17 heavy (non-hydrogen) atoms. The standard InChI is InChI=1S/C15H33NO/c1-7-8-9-10-11-13(2)16-14(3)12-15(4,5)17-6/h13-14,16H,7-12H2,1-6H3. The number of nitrogens with one attached hydrogen (secondary N) is 1. The molecule has 0 rings (SSSR count). The third kappa shape index (κ3) is 9.61. The van der Waals surface area contributed by atoms with Crippen LogP contribution >= 0.6 is 0 Å². The Bertz CT molecular complexity index is 180. The van der Waals surface area contributed by atoms with Crippen LogP contribution in [0.2, 0.25) is 0 Å². The van der Waals surface area contributed by atoms with Crippen molar-refractivity contribution in [2.45, 2.75) is 90.8 Å². The number of unbranched alkanes of at least 4 members (excludes halogenated alkanes) is 3. The molecule has 0 aliphatic heterocycles. The van der Waals surface area contributed by atoms with Crippen LogP contribution < -0.4 is 5.32 Å². The van der Waals surface area contributed by atoms with E-state index < -0.39 is 0 Å². The van der Waals surface area contributed by atoms with E-state index in [0.717, 1.165) is 6.42 Å². The molecule has 2 heteroatoms. The second-order valence-electron chi connectivity index (χ2n) is 5.99. The van der Waals surface area contributed by atoms with E-state index >= 15 is 0 Å². The molecule has 0 aromatic heterocycles. The van der Waals surface area contributed by atoms with E-state index in [9.17, 15) is 0 Å². The zero-order valence-electron chi connectivity index (χ0n) is 12.8. The van der Waals surface area contributed by atoms with Crippen molar-refractivity contribution < 1.29 is 4.74 Å². The van der Waals surface area contributed by atoms with Crippen molar-refractivity contribution >= 4 is 0 Å². The lowest BCUT2D eigenvalue weighted by Crippen LogP contribution is -2.40. The minimum Gasteiger partial charge on any atom is -0.379 e. The highest BCUT2D eigenvalue weighted by Gasteiger charge is 2.20. The highest BCUT2D eigenvalue weighted by molar-refractivity contribution is 4.77. The SMILES string of the molecule is CCCCCCC(C)NC(C)CC(C)(C)OC. The van der Waals surface area contributed by atoms with Gasteiger partial charge in [0.25, 0.3) is 0 Å². The first-order valence-corrected chi connectivity index (χ1v) is 7.22. The fraction of sp³-hybridized carbons (Fsp3) is 1.00. The van der Waals surface area contributed by atoms with Gasteiger partial charge in [0.1, 0.15) is 0 Å². The topological polar surface area (TPSA) is 21.3 Å². The van der Waals surface area contributed by atoms with Crippen molar-refractivity contribution in [3.63, 3.8) is 0 Å². The molecule has 0 saturated heterocycles. The monoisotopic (exact) mass is 243 g/mol. The van der Waals surface area contributed by atoms with Gasteiger partial charge in [0, 0.05) is 19.2 Å². The predicted molar refractivity (Wildman–Crippen MR) is 76.5 cm³/mol. The van der Waals surface area contributed by atoms with Gasteiger partial charge in [-0.2, -0.15) is 0 Å². The van der Waals surface area contributed by atoms with Crippen molar-refractivity contribution in [1.29, 1.82) is 0 Å². The first kappa shape index (κ1) is 16.9. The van der Waals surface area contributed by atoms with Gasteiger partial charge in [-0.05, 0) is 40.5 Å². The molecule has 0 aliphatic carbocycles. The Hall–Kier alpha value is -0.0800. The fourth-order valence-corrected chi connectivity index (χ4v) is 2.33. The molecule has 2 nitrogen and oxygen atoms in total. The molecule has 0 bridgehead atoms. The fourth-order valence-electron chi connectivity index (χ4n) is 2.33. The Morgan fingerprint density at radius 2 is 1.71 bits per heavy atom. The van der Waals surface area contributed by atoms with Crippen molar-refractivity contribution in [1.82, 2.24) is 5.32 Å². The van der Waals surface area contributed by atoms with Crippen LogP contribution in [0.15, 0.2) is 0 Å². The van der Waals surface area contributed by atoms with E-state index in [1.165, 1.54) is 32.1 Å². The summed E-state index contributed by atoms with van der Waals surface area (Å²) >= 11 is 0. The summed E-state index contributed by atoms with van der Waals surface area (Å²) in [5, 5.41) is 3.67. The van der Waals surface area contributed by atoms with Crippen LogP contribution in [0.4, 0.5) is 0 Å². The molecule has 0 heterocycles. The van der Waals surface area contributed by atoms with Gasteiger partial charge in [-0.1, -0.05) is 32.6 Å². The van der Waals surface area contributed by atoms with Crippen LogP contribution in [0.1, 0.15) is 73.1 Å². The van der Waals surface area contributed by atoms with Crippen LogP contribution in [0.25, 0.3) is 0 Å². The summed E-state index contributed by atoms with van der Waals surface area (Å²) in [5.74, 6) is 0. The highest BCUT2D eigenvalue weighted by Crippen LogP contribution is 2.16. The van der Waals surface area contributed by atoms with E-state index in [0.29, 0.717) is 12.1 Å². The molecule has 0 radical (unpaired) electrons. The van der Waals surface area contributed by atoms with Crippen LogP contribution in [0, 0.1) is 0 Å². The predicted octanol–water partition coefficient (Wildman–Crippen LogP) is 4.14. The lowest BCUT2D eigenvalue weighted by Gasteiger charge is -2.29. The smallest absolute Gasteiger partial charge is 0.0637 e. The Morgan fingerprint density at radius 3 is 2.24 bits per heavy atom. The Morgan fingerprint density at radius 1 is 1.06 bits per heavy atom. The summed E-state index contributed by atoms with van der Waals surface area (Å²) in [6.07, 6.45) is 7.77. The van der Waals surface area contributed by atoms with Crippen LogP contribution in [0.3, 0.4) is 0 Å². The molecule has 0 aromatic rings. The number of hydrogen-bond acceptors (Lipinski definition) is 2. The van der Waals surface area contributed by atoms with Crippen LogP contribution in [-0.4, -0.2) is 24.8 Å². The minimum atomic E-state index is -0.0195. The second-order valence-corrected chi connectivity index (χ2v) is 5.99. The number of hydrogen-bond donors (Lipinski definition) is 1. The zero-order valence-corrected chi connectivity index (χ0v) is 12.8. The van der Waals surface area contributed by atoms with Gasteiger partial charge >= 0.3 is 0 Å². The summed E-state index contributed by atoms with van der Waals surface area (Å²) in [4.78, 5) is 0. The number of methoxy groups -OCH3 is 1. The molecule has 2 atom stereocenters. The van der Waals surface area contributed by atoms with Gasteiger partial charge in [0.2, 0.25) is 0 Å². The van der Waals surface area contributed by atoms with E-state index in [4.69, 9.17) is 4.74 Å². The summed E-state index contributed by atoms with van der Waals surface area (Å²) < 4.78 is 5.46. The first-order valence-electron chi connectivity index (χ1n) is 7.22. The first-order chi connectivity index (χ1) is 7.91. The zero-order chi connectivity index (χ0) is 13.3. The molecular formula is C15H33NO. The molecule has 0 fully saturated rings. The maximum atomic E-state index is 5.46. The molecule has 0 spiro atoms. The average molecular weight is 243 g/mol. The summed E-state index contributed by atoms with van der Waals surface area (Å²) in [6.45, 7) is 11.1. The Kier molecular flexibility index (Phi) is 8.89. The van der Waals surface area contributed by atoms with Gasteiger partial charge in [0.15, 0.2) is 0 Å². The lowest BCUT2D eigenvalue weighted by atomic mass is 9.98. The van der Waals surface area contributed by atoms with Crippen molar-refractivity contribution in [2.24, 2.45) is 0 Å². The average Bonchev–Trinajstić information content (AvgIpc) is 2.23. The van der Waals surface area contributed by atoms with E-state index in [2.05, 4.69) is 39.9 Å². The van der Waals surface area contributed by atoms with E-state index in [1.54, 1.807) is 7.11 Å². The van der Waals surface area contributed by atoms with Gasteiger partial charge in [0.05, 0.1) is 5.60 Å². The van der Waals surface area contributed by atoms with Crippen LogP contribution in [-0.2, 0) is 4.74 Å². The largest absolute Gasteiger partial charge is 0.379 e. The lowest BCUT2D eigenvalue weighted by molar-refractivity contribution is 0.00776. The molecule has 0 saturated carbocycles. The van der Waals surface area contributed by atoms with Gasteiger partial charge in [-0.25, -0.2) is 0 Å². The second kappa shape index (κ2) is 8.93. The maximum absolute atomic E-state index is 5.46. The molecule has 2 unspecified atom stereocenters. The number of ether oxygens (including phenoxy) is 1.